The number of aromatic nitrogens is 2. The van der Waals surface area contributed by atoms with Crippen LogP contribution in [0.3, 0.4) is 0 Å². The molecule has 0 amide bonds. The highest BCUT2D eigenvalue weighted by Gasteiger charge is 2.16. The Bertz CT molecular complexity index is 629. The van der Waals surface area contributed by atoms with Crippen molar-refractivity contribution in [2.45, 2.75) is 26.8 Å². The first-order valence-corrected chi connectivity index (χ1v) is 7.52. The van der Waals surface area contributed by atoms with Gasteiger partial charge in [-0.2, -0.15) is 0 Å². The van der Waals surface area contributed by atoms with Gasteiger partial charge in [0.2, 0.25) is 5.82 Å². The summed E-state index contributed by atoms with van der Waals surface area (Å²) in [6.45, 7) is 5.14. The minimum absolute atomic E-state index is 0.0380. The fraction of sp³-hybridized carbons (Fsp3) is 0.385. The molecule has 21 heavy (non-hydrogen) atoms. The molecule has 8 heteroatoms. The second-order valence-electron chi connectivity index (χ2n) is 4.28. The zero-order valence-corrected chi connectivity index (χ0v) is 12.7. The summed E-state index contributed by atoms with van der Waals surface area (Å²) in [5, 5.41) is 18.0. The standard InChI is InChI=1S/C13H17N5O2S/c1-3-9-7-15-12(21-9)8-16-13-10(18(19)20)5-6-11(17-13)14-4-2/h5-7H,3-4,8H2,1-2H3,(H2,14,16,17). The second kappa shape index (κ2) is 6.98. The van der Waals surface area contributed by atoms with E-state index in [1.807, 2.05) is 13.1 Å². The molecule has 0 saturated carbocycles. The van der Waals surface area contributed by atoms with Crippen LogP contribution in [0.5, 0.6) is 0 Å². The van der Waals surface area contributed by atoms with Crippen LogP contribution < -0.4 is 10.6 Å². The van der Waals surface area contributed by atoms with E-state index in [-0.39, 0.29) is 11.5 Å². The summed E-state index contributed by atoms with van der Waals surface area (Å²) in [6, 6.07) is 3.05. The third-order valence-corrected chi connectivity index (χ3v) is 3.93. The van der Waals surface area contributed by atoms with E-state index in [1.165, 1.54) is 10.9 Å². The van der Waals surface area contributed by atoms with Crippen molar-refractivity contribution in [3.05, 3.63) is 38.3 Å². The molecule has 0 aromatic carbocycles. The highest BCUT2D eigenvalue weighted by atomic mass is 32.1. The van der Waals surface area contributed by atoms with Gasteiger partial charge in [0.15, 0.2) is 0 Å². The third-order valence-electron chi connectivity index (χ3n) is 2.79. The molecule has 2 N–H and O–H groups in total. The molecule has 2 aromatic rings. The summed E-state index contributed by atoms with van der Waals surface area (Å²) in [5.41, 5.74) is -0.0380. The van der Waals surface area contributed by atoms with E-state index in [0.717, 1.165) is 11.4 Å². The predicted octanol–water partition coefficient (Wildman–Crippen LogP) is 3.05. The Balaban J connectivity index is 2.16. The highest BCUT2D eigenvalue weighted by molar-refractivity contribution is 7.11. The number of nitrogens with zero attached hydrogens (tertiary/aromatic N) is 3. The molecule has 0 radical (unpaired) electrons. The number of rotatable bonds is 7. The lowest BCUT2D eigenvalue weighted by Gasteiger charge is -2.07. The van der Waals surface area contributed by atoms with Gasteiger partial charge in [0.25, 0.3) is 0 Å². The quantitative estimate of drug-likeness (QED) is 0.603. The van der Waals surface area contributed by atoms with E-state index in [9.17, 15) is 10.1 Å². The molecule has 0 aliphatic rings. The monoisotopic (exact) mass is 307 g/mol. The first-order valence-electron chi connectivity index (χ1n) is 6.70. The number of hydrogen-bond acceptors (Lipinski definition) is 7. The Labute approximate surface area is 126 Å². The van der Waals surface area contributed by atoms with Crippen LogP contribution in [0.15, 0.2) is 18.3 Å². The molecule has 0 aliphatic heterocycles. The maximum absolute atomic E-state index is 11.0. The average Bonchev–Trinajstić information content (AvgIpc) is 2.93. The van der Waals surface area contributed by atoms with E-state index < -0.39 is 4.92 Å². The van der Waals surface area contributed by atoms with E-state index in [4.69, 9.17) is 0 Å². The Morgan fingerprint density at radius 2 is 2.14 bits per heavy atom. The molecule has 112 valence electrons. The SMILES string of the molecule is CCNc1ccc([N+](=O)[O-])c(NCc2ncc(CC)s2)n1. The van der Waals surface area contributed by atoms with Crippen molar-refractivity contribution in [3.8, 4) is 0 Å². The molecule has 0 spiro atoms. The van der Waals surface area contributed by atoms with Crippen molar-refractivity contribution < 1.29 is 4.92 Å². The third kappa shape index (κ3) is 3.88. The van der Waals surface area contributed by atoms with Crippen molar-refractivity contribution in [2.75, 3.05) is 17.2 Å². The van der Waals surface area contributed by atoms with Crippen molar-refractivity contribution in [1.82, 2.24) is 9.97 Å². The van der Waals surface area contributed by atoms with Gasteiger partial charge in [-0.05, 0) is 19.4 Å². The summed E-state index contributed by atoms with van der Waals surface area (Å²) in [5.74, 6) is 0.866. The minimum atomic E-state index is -0.440. The predicted molar refractivity (Wildman–Crippen MR) is 83.9 cm³/mol. The van der Waals surface area contributed by atoms with Gasteiger partial charge in [-0.1, -0.05) is 6.92 Å². The number of pyridine rings is 1. The van der Waals surface area contributed by atoms with Gasteiger partial charge in [-0.3, -0.25) is 10.1 Å². The largest absolute Gasteiger partial charge is 0.370 e. The Morgan fingerprint density at radius 1 is 1.33 bits per heavy atom. The van der Waals surface area contributed by atoms with Crippen LogP contribution in [0.25, 0.3) is 0 Å². The van der Waals surface area contributed by atoms with Crippen LogP contribution >= 0.6 is 11.3 Å². The molecule has 2 aromatic heterocycles. The lowest BCUT2D eigenvalue weighted by molar-refractivity contribution is -0.384. The lowest BCUT2D eigenvalue weighted by atomic mass is 10.3. The maximum atomic E-state index is 11.0. The van der Waals surface area contributed by atoms with Gasteiger partial charge in [0.1, 0.15) is 10.8 Å². The van der Waals surface area contributed by atoms with E-state index in [0.29, 0.717) is 18.9 Å². The molecular weight excluding hydrogens is 290 g/mol. The summed E-state index contributed by atoms with van der Waals surface area (Å²) in [6.07, 6.45) is 2.77. The number of thiazole rings is 1. The molecule has 0 atom stereocenters. The summed E-state index contributed by atoms with van der Waals surface area (Å²) < 4.78 is 0. The zero-order valence-electron chi connectivity index (χ0n) is 11.9. The minimum Gasteiger partial charge on any atom is -0.370 e. The van der Waals surface area contributed by atoms with Crippen LogP contribution in [0.4, 0.5) is 17.3 Å². The number of nitrogens with one attached hydrogen (secondary N) is 2. The maximum Gasteiger partial charge on any atom is 0.311 e. The van der Waals surface area contributed by atoms with Crippen molar-refractivity contribution >= 4 is 28.7 Å². The molecular formula is C13H17N5O2S. The van der Waals surface area contributed by atoms with Crippen LogP contribution in [0, 0.1) is 10.1 Å². The number of hydrogen-bond donors (Lipinski definition) is 2. The van der Waals surface area contributed by atoms with Crippen LogP contribution in [0.1, 0.15) is 23.7 Å². The Morgan fingerprint density at radius 3 is 2.76 bits per heavy atom. The van der Waals surface area contributed by atoms with Crippen LogP contribution in [0.2, 0.25) is 0 Å². The normalized spacial score (nSPS) is 10.4. The fourth-order valence-corrected chi connectivity index (χ4v) is 2.56. The lowest BCUT2D eigenvalue weighted by Crippen LogP contribution is -2.07. The van der Waals surface area contributed by atoms with E-state index >= 15 is 0 Å². The molecule has 7 nitrogen and oxygen atoms in total. The van der Waals surface area contributed by atoms with Gasteiger partial charge in [0, 0.05) is 23.7 Å². The molecule has 0 saturated heterocycles. The van der Waals surface area contributed by atoms with Crippen LogP contribution in [-0.2, 0) is 13.0 Å². The average molecular weight is 307 g/mol. The Hall–Kier alpha value is -2.22. The summed E-state index contributed by atoms with van der Waals surface area (Å²) in [7, 11) is 0. The molecule has 2 heterocycles. The summed E-state index contributed by atoms with van der Waals surface area (Å²) >= 11 is 1.59. The van der Waals surface area contributed by atoms with Gasteiger partial charge in [-0.25, -0.2) is 9.97 Å². The molecule has 0 bridgehead atoms. The molecule has 0 unspecified atom stereocenters. The first-order chi connectivity index (χ1) is 10.1. The first kappa shape index (κ1) is 15.2. The molecule has 0 fully saturated rings. The highest BCUT2D eigenvalue weighted by Crippen LogP contribution is 2.25. The van der Waals surface area contributed by atoms with Crippen LogP contribution in [-0.4, -0.2) is 21.4 Å². The number of aryl methyl sites for hydroxylation is 1. The second-order valence-corrected chi connectivity index (χ2v) is 5.48. The molecule has 0 aliphatic carbocycles. The zero-order chi connectivity index (χ0) is 15.2. The van der Waals surface area contributed by atoms with Crippen molar-refractivity contribution in [3.63, 3.8) is 0 Å². The van der Waals surface area contributed by atoms with Gasteiger partial charge >= 0.3 is 5.69 Å². The Kier molecular flexibility index (Phi) is 5.04. The smallest absolute Gasteiger partial charge is 0.311 e. The van der Waals surface area contributed by atoms with Gasteiger partial charge < -0.3 is 10.6 Å². The van der Waals surface area contributed by atoms with Crippen molar-refractivity contribution in [1.29, 1.82) is 0 Å². The van der Waals surface area contributed by atoms with Gasteiger partial charge in [0.05, 0.1) is 11.5 Å². The summed E-state index contributed by atoms with van der Waals surface area (Å²) in [4.78, 5) is 20.3. The number of anilines is 2. The van der Waals surface area contributed by atoms with E-state index in [2.05, 4.69) is 27.5 Å². The van der Waals surface area contributed by atoms with E-state index in [1.54, 1.807) is 17.4 Å². The number of nitro groups is 1. The van der Waals surface area contributed by atoms with Gasteiger partial charge in [-0.15, -0.1) is 11.3 Å². The van der Waals surface area contributed by atoms with Crippen molar-refractivity contribution in [2.24, 2.45) is 0 Å². The fourth-order valence-electron chi connectivity index (χ4n) is 1.76. The topological polar surface area (TPSA) is 93.0 Å². The molecule has 2 rings (SSSR count).